The molecule has 158 valence electrons. The van der Waals surface area contributed by atoms with Crippen LogP contribution in [0.5, 0.6) is 0 Å². The molecule has 1 heterocycles. The number of aliphatic imine (C=N–C) groups is 1. The van der Waals surface area contributed by atoms with Gasteiger partial charge in [-0.25, -0.2) is 4.99 Å². The summed E-state index contributed by atoms with van der Waals surface area (Å²) in [5.74, 6) is 2.13. The molecule has 6 nitrogen and oxygen atoms in total. The molecule has 29 heavy (non-hydrogen) atoms. The van der Waals surface area contributed by atoms with Crippen molar-refractivity contribution in [2.45, 2.75) is 51.0 Å². The van der Waals surface area contributed by atoms with Crippen LogP contribution in [0.25, 0.3) is 0 Å². The van der Waals surface area contributed by atoms with Crippen LogP contribution in [-0.2, 0) is 12.6 Å². The molecule has 1 aliphatic carbocycles. The average Bonchev–Trinajstić information content (AvgIpc) is 3.18. The number of hydrogen-bond acceptors (Lipinski definition) is 3. The minimum atomic E-state index is -1.04. The second kappa shape index (κ2) is 9.92. The Morgan fingerprint density at radius 3 is 2.55 bits per heavy atom. The van der Waals surface area contributed by atoms with Crippen molar-refractivity contribution in [3.63, 3.8) is 0 Å². The second-order valence-electron chi connectivity index (χ2n) is 8.38. The zero-order valence-electron chi connectivity index (χ0n) is 17.9. The largest absolute Gasteiger partial charge is 0.383 e. The molecule has 1 aliphatic rings. The normalized spacial score (nSPS) is 22.1. The molecule has 0 bridgehead atoms. The lowest BCUT2D eigenvalue weighted by atomic mass is 9.79. The standard InChI is InChI=1S/C23H35N5O/c1-4-24-22(26-17-23(2,29)21-15-27-28(3)16-21)25-14-18-10-12-20(13-11-18)19-8-6-5-7-9-19/h5-9,15-16,18,20,29H,4,10-14,17H2,1-3H3,(H2,24,25,26). The first-order valence-electron chi connectivity index (χ1n) is 10.8. The number of nitrogens with one attached hydrogen (secondary N) is 2. The van der Waals surface area contributed by atoms with E-state index in [1.54, 1.807) is 17.8 Å². The summed E-state index contributed by atoms with van der Waals surface area (Å²) in [6, 6.07) is 10.9. The van der Waals surface area contributed by atoms with Gasteiger partial charge in [-0.1, -0.05) is 30.3 Å². The number of aryl methyl sites for hydroxylation is 1. The van der Waals surface area contributed by atoms with Crippen molar-refractivity contribution in [2.75, 3.05) is 19.6 Å². The lowest BCUT2D eigenvalue weighted by Gasteiger charge is -2.29. The van der Waals surface area contributed by atoms with Gasteiger partial charge in [-0.05, 0) is 56.9 Å². The molecule has 3 N–H and O–H groups in total. The van der Waals surface area contributed by atoms with Crippen LogP contribution in [0.2, 0.25) is 0 Å². The number of aromatic nitrogens is 2. The Labute approximate surface area is 174 Å². The van der Waals surface area contributed by atoms with Crippen molar-refractivity contribution in [3.05, 3.63) is 53.9 Å². The molecule has 1 aromatic heterocycles. The Bertz CT molecular complexity index is 776. The van der Waals surface area contributed by atoms with Gasteiger partial charge in [0.15, 0.2) is 5.96 Å². The molecule has 1 atom stereocenters. The topological polar surface area (TPSA) is 74.5 Å². The van der Waals surface area contributed by atoms with E-state index in [0.29, 0.717) is 11.8 Å². The maximum atomic E-state index is 10.8. The van der Waals surface area contributed by atoms with Crippen LogP contribution >= 0.6 is 0 Å². The van der Waals surface area contributed by atoms with Crippen molar-refractivity contribution in [1.29, 1.82) is 0 Å². The smallest absolute Gasteiger partial charge is 0.191 e. The Balaban J connectivity index is 1.50. The third kappa shape index (κ3) is 6.07. The van der Waals surface area contributed by atoms with E-state index < -0.39 is 5.60 Å². The number of nitrogens with zero attached hydrogens (tertiary/aromatic N) is 3. The van der Waals surface area contributed by atoms with Gasteiger partial charge in [0.1, 0.15) is 5.60 Å². The maximum absolute atomic E-state index is 10.8. The van der Waals surface area contributed by atoms with Gasteiger partial charge >= 0.3 is 0 Å². The monoisotopic (exact) mass is 397 g/mol. The van der Waals surface area contributed by atoms with Crippen molar-refractivity contribution < 1.29 is 5.11 Å². The third-order valence-electron chi connectivity index (χ3n) is 5.89. The highest BCUT2D eigenvalue weighted by molar-refractivity contribution is 5.79. The summed E-state index contributed by atoms with van der Waals surface area (Å²) in [6.07, 6.45) is 8.50. The SMILES string of the molecule is CCNC(=NCC(C)(O)c1cnn(C)c1)NCC1CCC(c2ccccc2)CC1. The molecule has 0 saturated heterocycles. The van der Waals surface area contributed by atoms with Gasteiger partial charge in [0.25, 0.3) is 0 Å². The molecular weight excluding hydrogens is 362 g/mol. The first kappa shape index (κ1) is 21.4. The molecule has 1 saturated carbocycles. The average molecular weight is 398 g/mol. The van der Waals surface area contributed by atoms with E-state index in [0.717, 1.165) is 24.6 Å². The van der Waals surface area contributed by atoms with Crippen LogP contribution in [0, 0.1) is 5.92 Å². The Kier molecular flexibility index (Phi) is 7.31. The minimum Gasteiger partial charge on any atom is -0.383 e. The fraction of sp³-hybridized carbons (Fsp3) is 0.565. The summed E-state index contributed by atoms with van der Waals surface area (Å²) in [7, 11) is 1.85. The highest BCUT2D eigenvalue weighted by atomic mass is 16.3. The van der Waals surface area contributed by atoms with Gasteiger partial charge in [-0.2, -0.15) is 5.10 Å². The maximum Gasteiger partial charge on any atom is 0.191 e. The summed E-state index contributed by atoms with van der Waals surface area (Å²) < 4.78 is 1.70. The van der Waals surface area contributed by atoms with Crippen molar-refractivity contribution in [2.24, 2.45) is 18.0 Å². The Hall–Kier alpha value is -2.34. The van der Waals surface area contributed by atoms with Crippen LogP contribution in [0.15, 0.2) is 47.7 Å². The highest BCUT2D eigenvalue weighted by Crippen LogP contribution is 2.35. The van der Waals surface area contributed by atoms with Crippen LogP contribution in [0.3, 0.4) is 0 Å². The van der Waals surface area contributed by atoms with Crippen LogP contribution in [0.1, 0.15) is 56.6 Å². The van der Waals surface area contributed by atoms with E-state index in [1.165, 1.54) is 31.2 Å². The lowest BCUT2D eigenvalue weighted by molar-refractivity contribution is 0.0671. The number of aliphatic hydroxyl groups is 1. The van der Waals surface area contributed by atoms with Gasteiger partial charge in [-0.15, -0.1) is 0 Å². The molecular formula is C23H35N5O. The molecule has 0 radical (unpaired) electrons. The van der Waals surface area contributed by atoms with Gasteiger partial charge in [-0.3, -0.25) is 4.68 Å². The van der Waals surface area contributed by atoms with E-state index >= 15 is 0 Å². The van der Waals surface area contributed by atoms with E-state index in [1.807, 2.05) is 13.2 Å². The molecule has 6 heteroatoms. The third-order valence-corrected chi connectivity index (χ3v) is 5.89. The molecule has 1 aromatic carbocycles. The first-order chi connectivity index (χ1) is 14.0. The summed E-state index contributed by atoms with van der Waals surface area (Å²) in [6.45, 7) is 5.84. The van der Waals surface area contributed by atoms with Crippen molar-refractivity contribution in [3.8, 4) is 0 Å². The molecule has 0 amide bonds. The highest BCUT2D eigenvalue weighted by Gasteiger charge is 2.25. The fourth-order valence-electron chi connectivity index (χ4n) is 4.03. The fourth-order valence-corrected chi connectivity index (χ4v) is 4.03. The van der Waals surface area contributed by atoms with E-state index in [9.17, 15) is 5.11 Å². The van der Waals surface area contributed by atoms with E-state index in [4.69, 9.17) is 0 Å². The van der Waals surface area contributed by atoms with Crippen molar-refractivity contribution >= 4 is 5.96 Å². The molecule has 2 aromatic rings. The predicted octanol–water partition coefficient (Wildman–Crippen LogP) is 3.16. The van der Waals surface area contributed by atoms with Crippen LogP contribution in [0.4, 0.5) is 0 Å². The number of benzene rings is 1. The Morgan fingerprint density at radius 1 is 1.21 bits per heavy atom. The molecule has 0 spiro atoms. The number of hydrogen-bond donors (Lipinski definition) is 3. The lowest BCUT2D eigenvalue weighted by Crippen LogP contribution is -2.41. The zero-order chi connectivity index (χ0) is 20.7. The van der Waals surface area contributed by atoms with Gasteiger partial charge < -0.3 is 15.7 Å². The number of guanidine groups is 1. The van der Waals surface area contributed by atoms with Crippen molar-refractivity contribution in [1.82, 2.24) is 20.4 Å². The number of rotatable bonds is 7. The van der Waals surface area contributed by atoms with E-state index in [-0.39, 0.29) is 6.54 Å². The Morgan fingerprint density at radius 2 is 1.93 bits per heavy atom. The second-order valence-corrected chi connectivity index (χ2v) is 8.38. The summed E-state index contributed by atoms with van der Waals surface area (Å²) >= 11 is 0. The van der Waals surface area contributed by atoms with E-state index in [2.05, 4.69) is 58.0 Å². The summed E-state index contributed by atoms with van der Waals surface area (Å²) in [5.41, 5.74) is 1.22. The molecule has 3 rings (SSSR count). The van der Waals surface area contributed by atoms with Crippen LogP contribution in [-0.4, -0.2) is 40.5 Å². The summed E-state index contributed by atoms with van der Waals surface area (Å²) in [4.78, 5) is 4.63. The quantitative estimate of drug-likeness (QED) is 0.496. The predicted molar refractivity (Wildman–Crippen MR) is 118 cm³/mol. The molecule has 0 aliphatic heterocycles. The molecule has 1 fully saturated rings. The zero-order valence-corrected chi connectivity index (χ0v) is 17.9. The summed E-state index contributed by atoms with van der Waals surface area (Å²) in [5, 5.41) is 21.7. The molecule has 1 unspecified atom stereocenters. The van der Waals surface area contributed by atoms with Crippen LogP contribution < -0.4 is 10.6 Å². The minimum absolute atomic E-state index is 0.286. The van der Waals surface area contributed by atoms with Gasteiger partial charge in [0.05, 0.1) is 12.7 Å². The van der Waals surface area contributed by atoms with Gasteiger partial charge in [0.2, 0.25) is 0 Å². The van der Waals surface area contributed by atoms with Gasteiger partial charge in [0, 0.05) is 31.9 Å². The first-order valence-corrected chi connectivity index (χ1v) is 10.8.